The second-order valence-corrected chi connectivity index (χ2v) is 9.40. The Morgan fingerprint density at radius 2 is 1.71 bits per heavy atom. The summed E-state index contributed by atoms with van der Waals surface area (Å²) in [6.07, 6.45) is 2.08. The fourth-order valence-corrected chi connectivity index (χ4v) is 3.86. The Morgan fingerprint density at radius 1 is 0.941 bits per heavy atom. The lowest BCUT2D eigenvalue weighted by Gasteiger charge is -2.12. The minimum Gasteiger partial charge on any atom is -0.359 e. The van der Waals surface area contributed by atoms with Crippen LogP contribution >= 0.6 is 0 Å². The van der Waals surface area contributed by atoms with Crippen LogP contribution in [0.25, 0.3) is 27.8 Å². The van der Waals surface area contributed by atoms with Gasteiger partial charge in [-0.1, -0.05) is 74.5 Å². The first kappa shape index (κ1) is 21.6. The molecular weight excluding hydrogens is 424 g/mol. The Balaban J connectivity index is 1.29. The number of nitrogens with one attached hydrogen (secondary N) is 1. The zero-order valence-corrected chi connectivity index (χ0v) is 19.4. The molecule has 1 N–H and O–H groups in total. The summed E-state index contributed by atoms with van der Waals surface area (Å²) in [6, 6.07) is 26.3. The molecule has 170 valence electrons. The summed E-state index contributed by atoms with van der Waals surface area (Å²) in [5.41, 5.74) is 6.02. The van der Waals surface area contributed by atoms with Crippen LogP contribution in [0.2, 0.25) is 0 Å². The molecule has 2 aromatic heterocycles. The molecule has 5 aromatic rings. The molecule has 0 bridgehead atoms. The highest BCUT2D eigenvalue weighted by Crippen LogP contribution is 2.26. The van der Waals surface area contributed by atoms with E-state index in [0.29, 0.717) is 5.82 Å². The highest BCUT2D eigenvalue weighted by molar-refractivity contribution is 5.91. The van der Waals surface area contributed by atoms with Gasteiger partial charge in [-0.05, 0) is 41.0 Å². The number of hydrogen-bond donors (Lipinski definition) is 1. The Hall–Kier alpha value is -4.19. The average molecular weight is 451 g/mol. The second-order valence-electron chi connectivity index (χ2n) is 9.40. The molecule has 1 amide bonds. The standard InChI is InChI=1S/C28H26N4O2/c1-28(2,3)25-17-26(31-34-25)30-27(33)15-19-9-12-22(13-10-19)32-18-29-23-16-21(11-14-24(23)32)20-7-5-4-6-8-20/h4-14,16-18H,15H2,1-3H3,(H,30,31,33). The molecule has 0 radical (unpaired) electrons. The first-order chi connectivity index (χ1) is 16.4. The quantitative estimate of drug-likeness (QED) is 0.348. The lowest BCUT2D eigenvalue weighted by molar-refractivity contribution is -0.115. The van der Waals surface area contributed by atoms with Gasteiger partial charge in [-0.15, -0.1) is 0 Å². The number of hydrogen-bond acceptors (Lipinski definition) is 4. The van der Waals surface area contributed by atoms with E-state index < -0.39 is 0 Å². The van der Waals surface area contributed by atoms with Gasteiger partial charge >= 0.3 is 0 Å². The molecular formula is C28H26N4O2. The van der Waals surface area contributed by atoms with Crippen LogP contribution in [0.15, 0.2) is 89.7 Å². The van der Waals surface area contributed by atoms with Crippen molar-refractivity contribution in [2.24, 2.45) is 0 Å². The average Bonchev–Trinajstić information content (AvgIpc) is 3.47. The molecule has 0 aliphatic carbocycles. The monoisotopic (exact) mass is 450 g/mol. The maximum Gasteiger partial charge on any atom is 0.230 e. The van der Waals surface area contributed by atoms with Gasteiger partial charge in [0.1, 0.15) is 12.1 Å². The molecule has 34 heavy (non-hydrogen) atoms. The van der Waals surface area contributed by atoms with E-state index in [-0.39, 0.29) is 17.7 Å². The van der Waals surface area contributed by atoms with Crippen molar-refractivity contribution < 1.29 is 9.32 Å². The van der Waals surface area contributed by atoms with Gasteiger partial charge in [0.15, 0.2) is 5.82 Å². The molecule has 0 aliphatic heterocycles. The molecule has 6 heteroatoms. The number of benzene rings is 3. The molecule has 0 saturated heterocycles. The van der Waals surface area contributed by atoms with Crippen LogP contribution in [0.1, 0.15) is 32.1 Å². The van der Waals surface area contributed by atoms with E-state index in [1.54, 1.807) is 6.07 Å². The van der Waals surface area contributed by atoms with Crippen molar-refractivity contribution in [3.63, 3.8) is 0 Å². The van der Waals surface area contributed by atoms with E-state index in [1.807, 2.05) is 69.6 Å². The van der Waals surface area contributed by atoms with Crippen LogP contribution in [0.3, 0.4) is 0 Å². The number of fused-ring (bicyclic) bond motifs is 1. The molecule has 0 aliphatic rings. The topological polar surface area (TPSA) is 73.0 Å². The lowest BCUT2D eigenvalue weighted by Crippen LogP contribution is -2.14. The number of carbonyl (C=O) groups is 1. The molecule has 0 unspecified atom stereocenters. The molecule has 0 fully saturated rings. The van der Waals surface area contributed by atoms with E-state index in [9.17, 15) is 4.79 Å². The third-order valence-electron chi connectivity index (χ3n) is 5.75. The molecule has 3 aromatic carbocycles. The smallest absolute Gasteiger partial charge is 0.230 e. The van der Waals surface area contributed by atoms with Crippen molar-refractivity contribution in [1.29, 1.82) is 0 Å². The van der Waals surface area contributed by atoms with Gasteiger partial charge in [0, 0.05) is 17.2 Å². The largest absolute Gasteiger partial charge is 0.359 e. The summed E-state index contributed by atoms with van der Waals surface area (Å²) in [7, 11) is 0. The minimum absolute atomic E-state index is 0.136. The first-order valence-corrected chi connectivity index (χ1v) is 11.3. The third kappa shape index (κ3) is 4.48. The number of nitrogens with zero attached hydrogens (tertiary/aromatic N) is 3. The fourth-order valence-electron chi connectivity index (χ4n) is 3.86. The first-order valence-electron chi connectivity index (χ1n) is 11.3. The van der Waals surface area contributed by atoms with Gasteiger partial charge in [-0.2, -0.15) is 0 Å². The summed E-state index contributed by atoms with van der Waals surface area (Å²) in [5, 5.41) is 6.76. The van der Waals surface area contributed by atoms with E-state index in [1.165, 1.54) is 5.56 Å². The van der Waals surface area contributed by atoms with Crippen molar-refractivity contribution in [3.8, 4) is 16.8 Å². The maximum atomic E-state index is 12.5. The van der Waals surface area contributed by atoms with Gasteiger partial charge in [0.2, 0.25) is 5.91 Å². The van der Waals surface area contributed by atoms with Crippen molar-refractivity contribution in [3.05, 3.63) is 96.5 Å². The van der Waals surface area contributed by atoms with E-state index in [2.05, 4.69) is 50.4 Å². The molecule has 0 spiro atoms. The van der Waals surface area contributed by atoms with E-state index in [0.717, 1.165) is 33.6 Å². The zero-order valence-electron chi connectivity index (χ0n) is 19.4. The Bertz CT molecular complexity index is 1440. The predicted molar refractivity (Wildman–Crippen MR) is 134 cm³/mol. The van der Waals surface area contributed by atoms with Crippen LogP contribution in [-0.4, -0.2) is 20.6 Å². The van der Waals surface area contributed by atoms with Gasteiger partial charge in [0.25, 0.3) is 0 Å². The highest BCUT2D eigenvalue weighted by atomic mass is 16.5. The Morgan fingerprint density at radius 3 is 2.41 bits per heavy atom. The van der Waals surface area contributed by atoms with E-state index >= 15 is 0 Å². The Kier molecular flexibility index (Phi) is 5.49. The van der Waals surface area contributed by atoms with Crippen LogP contribution in [-0.2, 0) is 16.6 Å². The minimum atomic E-state index is -0.160. The van der Waals surface area contributed by atoms with Crippen LogP contribution in [0, 0.1) is 0 Å². The SMILES string of the molecule is CC(C)(C)c1cc(NC(=O)Cc2ccc(-n3cnc4cc(-c5ccccc5)ccc43)cc2)no1. The zero-order chi connectivity index (χ0) is 23.7. The second kappa shape index (κ2) is 8.63. The molecule has 6 nitrogen and oxygen atoms in total. The summed E-state index contributed by atoms with van der Waals surface area (Å²) in [4.78, 5) is 17.1. The number of rotatable bonds is 5. The molecule has 0 saturated carbocycles. The normalized spacial score (nSPS) is 11.6. The van der Waals surface area contributed by atoms with Gasteiger partial charge < -0.3 is 9.84 Å². The summed E-state index contributed by atoms with van der Waals surface area (Å²) >= 11 is 0. The van der Waals surface area contributed by atoms with Crippen LogP contribution in [0.5, 0.6) is 0 Å². The van der Waals surface area contributed by atoms with Crippen molar-refractivity contribution in [2.75, 3.05) is 5.32 Å². The van der Waals surface area contributed by atoms with Crippen LogP contribution in [0.4, 0.5) is 5.82 Å². The van der Waals surface area contributed by atoms with E-state index in [4.69, 9.17) is 4.52 Å². The molecule has 0 atom stereocenters. The van der Waals surface area contributed by atoms with Crippen molar-refractivity contribution >= 4 is 22.8 Å². The molecule has 2 heterocycles. The van der Waals surface area contributed by atoms with Crippen LogP contribution < -0.4 is 5.32 Å². The van der Waals surface area contributed by atoms with Gasteiger partial charge in [0.05, 0.1) is 17.5 Å². The number of anilines is 1. The highest BCUT2D eigenvalue weighted by Gasteiger charge is 2.20. The van der Waals surface area contributed by atoms with Crippen molar-refractivity contribution in [2.45, 2.75) is 32.6 Å². The summed E-state index contributed by atoms with van der Waals surface area (Å²) in [5.74, 6) is 1.03. The predicted octanol–water partition coefficient (Wildman–Crippen LogP) is 6.16. The number of amides is 1. The Labute approximate surface area is 198 Å². The maximum absolute atomic E-state index is 12.5. The summed E-state index contributed by atoms with van der Waals surface area (Å²) < 4.78 is 7.38. The number of carbonyl (C=O) groups excluding carboxylic acids is 1. The van der Waals surface area contributed by atoms with Gasteiger partial charge in [-0.3, -0.25) is 9.36 Å². The van der Waals surface area contributed by atoms with Gasteiger partial charge in [-0.25, -0.2) is 4.98 Å². The fraction of sp³-hybridized carbons (Fsp3) is 0.179. The lowest BCUT2D eigenvalue weighted by atomic mass is 9.93. The molecule has 5 rings (SSSR count). The third-order valence-corrected chi connectivity index (χ3v) is 5.75. The van der Waals surface area contributed by atoms with Crippen molar-refractivity contribution in [1.82, 2.24) is 14.7 Å². The summed E-state index contributed by atoms with van der Waals surface area (Å²) in [6.45, 7) is 6.10. The number of aromatic nitrogens is 3. The number of imidazole rings is 1.